The minimum atomic E-state index is -0.164. The normalized spacial score (nSPS) is 10.7. The van der Waals surface area contributed by atoms with Crippen LogP contribution in [0.15, 0.2) is 29.1 Å². The van der Waals surface area contributed by atoms with Crippen LogP contribution in [0.5, 0.6) is 0 Å². The Hall–Kier alpha value is -1.65. The van der Waals surface area contributed by atoms with E-state index in [1.807, 2.05) is 6.92 Å². The molecule has 4 nitrogen and oxygen atoms in total. The van der Waals surface area contributed by atoms with Gasteiger partial charge in [0.2, 0.25) is 0 Å². The van der Waals surface area contributed by atoms with Gasteiger partial charge in [-0.05, 0) is 37.6 Å². The zero-order valence-electron chi connectivity index (χ0n) is 10.3. The van der Waals surface area contributed by atoms with Gasteiger partial charge in [0.1, 0.15) is 0 Å². The summed E-state index contributed by atoms with van der Waals surface area (Å²) in [6.07, 6.45) is 0. The lowest BCUT2D eigenvalue weighted by molar-refractivity contribution is 0.755. The number of aryl methyl sites for hydroxylation is 1. The van der Waals surface area contributed by atoms with Gasteiger partial charge in [-0.2, -0.15) is 9.78 Å². The van der Waals surface area contributed by atoms with Crippen LogP contribution in [0.4, 0.5) is 0 Å². The van der Waals surface area contributed by atoms with Crippen LogP contribution in [0.1, 0.15) is 16.8 Å². The van der Waals surface area contributed by atoms with Gasteiger partial charge in [-0.3, -0.25) is 4.79 Å². The van der Waals surface area contributed by atoms with Crippen molar-refractivity contribution in [1.29, 1.82) is 0 Å². The van der Waals surface area contributed by atoms with Crippen molar-refractivity contribution in [3.8, 4) is 5.69 Å². The summed E-state index contributed by atoms with van der Waals surface area (Å²) in [4.78, 5) is 12.2. The Balaban J connectivity index is 2.70. The number of halogens is 1. The van der Waals surface area contributed by atoms with Crippen molar-refractivity contribution in [2.75, 3.05) is 0 Å². The molecule has 5 heteroatoms. The fraction of sp³-hybridized carbons (Fsp3) is 0.231. The van der Waals surface area contributed by atoms with E-state index >= 15 is 0 Å². The Kier molecular flexibility index (Phi) is 3.50. The molecule has 2 rings (SSSR count). The molecule has 0 atom stereocenters. The topological polar surface area (TPSA) is 60.9 Å². The van der Waals surface area contributed by atoms with E-state index in [2.05, 4.69) is 5.10 Å². The first kappa shape index (κ1) is 12.8. The third kappa shape index (κ3) is 2.17. The fourth-order valence-corrected chi connectivity index (χ4v) is 2.08. The van der Waals surface area contributed by atoms with Gasteiger partial charge in [0.05, 0.1) is 11.4 Å². The summed E-state index contributed by atoms with van der Waals surface area (Å²) in [5.74, 6) is 0. The van der Waals surface area contributed by atoms with Crippen molar-refractivity contribution in [2.45, 2.75) is 20.4 Å². The predicted octanol–water partition coefficient (Wildman–Crippen LogP) is 1.96. The first-order valence-corrected chi connectivity index (χ1v) is 5.98. The van der Waals surface area contributed by atoms with Crippen molar-refractivity contribution < 1.29 is 0 Å². The van der Waals surface area contributed by atoms with E-state index in [4.69, 9.17) is 17.3 Å². The molecule has 2 N–H and O–H groups in total. The molecule has 0 aliphatic heterocycles. The lowest BCUT2D eigenvalue weighted by atomic mass is 10.1. The number of hydrogen-bond acceptors (Lipinski definition) is 3. The molecule has 0 aliphatic carbocycles. The van der Waals surface area contributed by atoms with Gasteiger partial charge in [-0.15, -0.1) is 0 Å². The average Bonchev–Trinajstić information content (AvgIpc) is 2.34. The molecule has 1 aromatic heterocycles. The quantitative estimate of drug-likeness (QED) is 0.901. The summed E-state index contributed by atoms with van der Waals surface area (Å²) >= 11 is 5.92. The molecule has 1 aromatic carbocycles. The number of nitrogens with zero attached hydrogens (tertiary/aromatic N) is 2. The highest BCUT2D eigenvalue weighted by Crippen LogP contribution is 2.14. The van der Waals surface area contributed by atoms with Crippen molar-refractivity contribution in [1.82, 2.24) is 9.78 Å². The van der Waals surface area contributed by atoms with E-state index < -0.39 is 0 Å². The zero-order valence-corrected chi connectivity index (χ0v) is 11.0. The van der Waals surface area contributed by atoms with E-state index in [1.54, 1.807) is 31.2 Å². The van der Waals surface area contributed by atoms with E-state index in [0.29, 0.717) is 22.8 Å². The molecule has 0 unspecified atom stereocenters. The van der Waals surface area contributed by atoms with Gasteiger partial charge >= 0.3 is 0 Å². The summed E-state index contributed by atoms with van der Waals surface area (Å²) in [5.41, 5.74) is 8.31. The molecule has 1 heterocycles. The summed E-state index contributed by atoms with van der Waals surface area (Å²) in [5, 5.41) is 4.85. The standard InChI is InChI=1S/C13H14ClN3O/c1-8-12(7-15)9(2)16-17(13(8)18)11-5-3-4-10(14)6-11/h3-6H,7,15H2,1-2H3. The third-order valence-electron chi connectivity index (χ3n) is 2.91. The Morgan fingerprint density at radius 3 is 2.72 bits per heavy atom. The Morgan fingerprint density at radius 2 is 2.11 bits per heavy atom. The van der Waals surface area contributed by atoms with Crippen LogP contribution >= 0.6 is 11.6 Å². The maximum Gasteiger partial charge on any atom is 0.274 e. The molecule has 0 spiro atoms. The van der Waals surface area contributed by atoms with Gasteiger partial charge in [0.25, 0.3) is 5.56 Å². The highest BCUT2D eigenvalue weighted by atomic mass is 35.5. The van der Waals surface area contributed by atoms with Crippen LogP contribution < -0.4 is 11.3 Å². The third-order valence-corrected chi connectivity index (χ3v) is 3.14. The van der Waals surface area contributed by atoms with E-state index in [0.717, 1.165) is 11.3 Å². The van der Waals surface area contributed by atoms with Gasteiger partial charge in [-0.1, -0.05) is 17.7 Å². The van der Waals surface area contributed by atoms with Gasteiger partial charge < -0.3 is 5.73 Å². The summed E-state index contributed by atoms with van der Waals surface area (Å²) < 4.78 is 1.36. The lowest BCUT2D eigenvalue weighted by Gasteiger charge is -2.11. The first-order chi connectivity index (χ1) is 8.54. The molecule has 0 aliphatic rings. The minimum absolute atomic E-state index is 0.164. The van der Waals surface area contributed by atoms with Crippen molar-refractivity contribution in [3.05, 3.63) is 56.5 Å². The molecular formula is C13H14ClN3O. The molecule has 0 saturated carbocycles. The second-order valence-electron chi connectivity index (χ2n) is 4.09. The molecule has 0 saturated heterocycles. The van der Waals surface area contributed by atoms with E-state index in [9.17, 15) is 4.79 Å². The average molecular weight is 264 g/mol. The molecular weight excluding hydrogens is 250 g/mol. The Morgan fingerprint density at radius 1 is 1.39 bits per heavy atom. The molecule has 0 radical (unpaired) electrons. The predicted molar refractivity (Wildman–Crippen MR) is 72.2 cm³/mol. The van der Waals surface area contributed by atoms with Crippen LogP contribution in [0, 0.1) is 13.8 Å². The van der Waals surface area contributed by atoms with Crippen molar-refractivity contribution in [2.24, 2.45) is 5.73 Å². The van der Waals surface area contributed by atoms with Crippen LogP contribution in [-0.2, 0) is 6.54 Å². The SMILES string of the molecule is Cc1nn(-c2cccc(Cl)c2)c(=O)c(C)c1CN. The molecule has 2 aromatic rings. The van der Waals surface area contributed by atoms with Crippen LogP contribution in [0.25, 0.3) is 5.69 Å². The maximum absolute atomic E-state index is 12.2. The molecule has 0 fully saturated rings. The van der Waals surface area contributed by atoms with Gasteiger partial charge in [-0.25, -0.2) is 0 Å². The lowest BCUT2D eigenvalue weighted by Crippen LogP contribution is -2.27. The second-order valence-corrected chi connectivity index (χ2v) is 4.53. The summed E-state index contributed by atoms with van der Waals surface area (Å²) in [6, 6.07) is 7.04. The number of rotatable bonds is 2. The highest BCUT2D eigenvalue weighted by molar-refractivity contribution is 6.30. The summed E-state index contributed by atoms with van der Waals surface area (Å²) in [6.45, 7) is 3.92. The van der Waals surface area contributed by atoms with Crippen molar-refractivity contribution in [3.63, 3.8) is 0 Å². The molecule has 18 heavy (non-hydrogen) atoms. The van der Waals surface area contributed by atoms with Crippen LogP contribution in [0.3, 0.4) is 0 Å². The molecule has 0 bridgehead atoms. The number of benzene rings is 1. The fourth-order valence-electron chi connectivity index (χ4n) is 1.90. The number of aromatic nitrogens is 2. The Labute approximate surface area is 110 Å². The zero-order chi connectivity index (χ0) is 13.3. The highest BCUT2D eigenvalue weighted by Gasteiger charge is 2.11. The number of nitrogens with two attached hydrogens (primary N) is 1. The van der Waals surface area contributed by atoms with E-state index in [1.165, 1.54) is 4.68 Å². The monoisotopic (exact) mass is 263 g/mol. The maximum atomic E-state index is 12.2. The largest absolute Gasteiger partial charge is 0.326 e. The molecule has 0 amide bonds. The second kappa shape index (κ2) is 4.92. The summed E-state index contributed by atoms with van der Waals surface area (Å²) in [7, 11) is 0. The van der Waals surface area contributed by atoms with Crippen LogP contribution in [0.2, 0.25) is 5.02 Å². The number of hydrogen-bond donors (Lipinski definition) is 1. The smallest absolute Gasteiger partial charge is 0.274 e. The minimum Gasteiger partial charge on any atom is -0.326 e. The molecule has 94 valence electrons. The van der Waals surface area contributed by atoms with E-state index in [-0.39, 0.29) is 5.56 Å². The first-order valence-electron chi connectivity index (χ1n) is 5.60. The Bertz CT molecular complexity index is 649. The van der Waals surface area contributed by atoms with Crippen molar-refractivity contribution >= 4 is 11.6 Å². The van der Waals surface area contributed by atoms with Crippen LogP contribution in [-0.4, -0.2) is 9.78 Å². The van der Waals surface area contributed by atoms with Gasteiger partial charge in [0.15, 0.2) is 0 Å². The van der Waals surface area contributed by atoms with Gasteiger partial charge in [0, 0.05) is 17.1 Å².